The third-order valence-electron chi connectivity index (χ3n) is 2.84. The van der Waals surface area contributed by atoms with E-state index in [-0.39, 0.29) is 16.5 Å². The van der Waals surface area contributed by atoms with Gasteiger partial charge in [0.15, 0.2) is 0 Å². The van der Waals surface area contributed by atoms with Crippen LogP contribution in [0.5, 0.6) is 5.75 Å². The number of methoxy groups -OCH3 is 1. The first-order valence-corrected chi connectivity index (χ1v) is 6.44. The highest BCUT2D eigenvalue weighted by Gasteiger charge is 2.10. The Bertz CT molecular complexity index is 684. The molecule has 0 aliphatic carbocycles. The maximum atomic E-state index is 12.1. The number of nitrogens with one attached hydrogen (secondary N) is 1. The molecule has 3 N–H and O–H groups in total. The highest BCUT2D eigenvalue weighted by Crippen LogP contribution is 2.21. The zero-order chi connectivity index (χ0) is 15.4. The zero-order valence-corrected chi connectivity index (χ0v) is 12.0. The van der Waals surface area contributed by atoms with E-state index in [0.29, 0.717) is 17.0 Å². The second-order valence-electron chi connectivity index (χ2n) is 4.24. The van der Waals surface area contributed by atoms with E-state index in [9.17, 15) is 9.59 Å². The van der Waals surface area contributed by atoms with Crippen LogP contribution in [0.2, 0.25) is 5.02 Å². The molecule has 0 fully saturated rings. The lowest BCUT2D eigenvalue weighted by Gasteiger charge is -2.08. The van der Waals surface area contributed by atoms with Crippen molar-refractivity contribution in [1.29, 1.82) is 0 Å². The van der Waals surface area contributed by atoms with E-state index >= 15 is 0 Å². The number of nitrogens with two attached hydrogens (primary N) is 1. The number of hydrogen-bond donors (Lipinski definition) is 2. The molecule has 0 atom stereocenters. The highest BCUT2D eigenvalue weighted by atomic mass is 35.5. The molecule has 0 aromatic heterocycles. The Balaban J connectivity index is 2.19. The maximum absolute atomic E-state index is 12.1. The number of amides is 2. The average molecular weight is 305 g/mol. The summed E-state index contributed by atoms with van der Waals surface area (Å²) in [4.78, 5) is 23.3. The van der Waals surface area contributed by atoms with E-state index in [2.05, 4.69) is 5.32 Å². The summed E-state index contributed by atoms with van der Waals surface area (Å²) in [5, 5.41) is 2.91. The number of ether oxygens (including phenoxy) is 1. The second kappa shape index (κ2) is 6.28. The van der Waals surface area contributed by atoms with E-state index in [4.69, 9.17) is 22.1 Å². The Labute approximate surface area is 126 Å². The lowest BCUT2D eigenvalue weighted by molar-refractivity contribution is 0.0996. The third kappa shape index (κ3) is 3.52. The van der Waals surface area contributed by atoms with E-state index < -0.39 is 5.91 Å². The summed E-state index contributed by atoms with van der Waals surface area (Å²) >= 11 is 5.85. The van der Waals surface area contributed by atoms with Crippen molar-refractivity contribution in [1.82, 2.24) is 0 Å². The molecule has 0 saturated carbocycles. The lowest BCUT2D eigenvalue weighted by Crippen LogP contribution is -2.15. The molecule has 0 unspecified atom stereocenters. The molecule has 0 spiro atoms. The summed E-state index contributed by atoms with van der Waals surface area (Å²) < 4.78 is 5.02. The molecular weight excluding hydrogens is 292 g/mol. The normalized spacial score (nSPS) is 10.0. The van der Waals surface area contributed by atoms with Gasteiger partial charge in [-0.25, -0.2) is 0 Å². The maximum Gasteiger partial charge on any atom is 0.255 e. The summed E-state index contributed by atoms with van der Waals surface area (Å²) in [5.41, 5.74) is 6.27. The second-order valence-corrected chi connectivity index (χ2v) is 4.65. The molecular formula is C15H13ClN2O3. The minimum atomic E-state index is -0.652. The van der Waals surface area contributed by atoms with Gasteiger partial charge in [0.1, 0.15) is 5.75 Å². The molecule has 5 nitrogen and oxygen atoms in total. The van der Waals surface area contributed by atoms with Crippen LogP contribution < -0.4 is 15.8 Å². The van der Waals surface area contributed by atoms with Crippen LogP contribution in [-0.2, 0) is 0 Å². The molecule has 2 aromatic rings. The van der Waals surface area contributed by atoms with Crippen molar-refractivity contribution in [2.24, 2.45) is 5.73 Å². The molecule has 2 rings (SSSR count). The van der Waals surface area contributed by atoms with Crippen molar-refractivity contribution in [2.75, 3.05) is 12.4 Å². The molecule has 2 amide bonds. The van der Waals surface area contributed by atoms with Gasteiger partial charge in [0.25, 0.3) is 5.91 Å². The van der Waals surface area contributed by atoms with Crippen molar-refractivity contribution in [3.05, 3.63) is 58.6 Å². The fraction of sp³-hybridized carbons (Fsp3) is 0.0667. The Hall–Kier alpha value is -2.53. The van der Waals surface area contributed by atoms with Gasteiger partial charge >= 0.3 is 0 Å². The standard InChI is InChI=1S/C15H13ClN2O3/c1-21-11-5-2-9(3-6-11)15(20)18-10-4-7-13(16)12(8-10)14(17)19/h2-8H,1H3,(H2,17,19)(H,18,20). The number of primary amides is 1. The van der Waals surface area contributed by atoms with Crippen LogP contribution in [0.15, 0.2) is 42.5 Å². The zero-order valence-electron chi connectivity index (χ0n) is 11.2. The van der Waals surface area contributed by atoms with Crippen LogP contribution in [0.1, 0.15) is 20.7 Å². The van der Waals surface area contributed by atoms with Crippen molar-refractivity contribution in [3.63, 3.8) is 0 Å². The van der Waals surface area contributed by atoms with Gasteiger partial charge in [-0.15, -0.1) is 0 Å². The van der Waals surface area contributed by atoms with Crippen molar-refractivity contribution < 1.29 is 14.3 Å². The highest BCUT2D eigenvalue weighted by molar-refractivity contribution is 6.34. The SMILES string of the molecule is COc1ccc(C(=O)Nc2ccc(Cl)c(C(N)=O)c2)cc1. The number of rotatable bonds is 4. The minimum absolute atomic E-state index is 0.157. The molecule has 2 aromatic carbocycles. The van der Waals surface area contributed by atoms with Gasteiger partial charge in [0.05, 0.1) is 17.7 Å². The van der Waals surface area contributed by atoms with Gasteiger partial charge in [-0.2, -0.15) is 0 Å². The van der Waals surface area contributed by atoms with Crippen LogP contribution >= 0.6 is 11.6 Å². The number of anilines is 1. The van der Waals surface area contributed by atoms with Crippen molar-refractivity contribution in [2.45, 2.75) is 0 Å². The number of carbonyl (C=O) groups excluding carboxylic acids is 2. The van der Waals surface area contributed by atoms with Crippen LogP contribution in [0, 0.1) is 0 Å². The van der Waals surface area contributed by atoms with E-state index in [1.54, 1.807) is 37.4 Å². The number of halogens is 1. The van der Waals surface area contributed by atoms with Gasteiger partial charge in [-0.3, -0.25) is 9.59 Å². The Kier molecular flexibility index (Phi) is 4.45. The summed E-state index contributed by atoms with van der Waals surface area (Å²) in [5.74, 6) is -0.301. The summed E-state index contributed by atoms with van der Waals surface area (Å²) in [6.45, 7) is 0. The average Bonchev–Trinajstić information content (AvgIpc) is 2.49. The molecule has 0 aliphatic rings. The number of hydrogen-bond acceptors (Lipinski definition) is 3. The predicted octanol–water partition coefficient (Wildman–Crippen LogP) is 2.70. The molecule has 0 heterocycles. The van der Waals surface area contributed by atoms with E-state index in [0.717, 1.165) is 0 Å². The van der Waals surface area contributed by atoms with Crippen molar-refractivity contribution >= 4 is 29.1 Å². The minimum Gasteiger partial charge on any atom is -0.497 e. The van der Waals surface area contributed by atoms with E-state index in [1.807, 2.05) is 0 Å². The molecule has 0 radical (unpaired) electrons. The van der Waals surface area contributed by atoms with Crippen LogP contribution in [0.25, 0.3) is 0 Å². The monoisotopic (exact) mass is 304 g/mol. The molecule has 0 saturated heterocycles. The van der Waals surface area contributed by atoms with Gasteiger partial charge in [0, 0.05) is 11.3 Å². The van der Waals surface area contributed by atoms with Gasteiger partial charge in [-0.05, 0) is 42.5 Å². The molecule has 108 valence electrons. The molecule has 21 heavy (non-hydrogen) atoms. The topological polar surface area (TPSA) is 81.4 Å². The van der Waals surface area contributed by atoms with E-state index in [1.165, 1.54) is 12.1 Å². The summed E-state index contributed by atoms with van der Waals surface area (Å²) in [6, 6.07) is 11.2. The van der Waals surface area contributed by atoms with Gasteiger partial charge in [0.2, 0.25) is 5.91 Å². The first kappa shape index (κ1) is 14.9. The third-order valence-corrected chi connectivity index (χ3v) is 3.17. The van der Waals surface area contributed by atoms with Gasteiger partial charge < -0.3 is 15.8 Å². The predicted molar refractivity (Wildman–Crippen MR) is 80.9 cm³/mol. The lowest BCUT2D eigenvalue weighted by atomic mass is 10.1. The Morgan fingerprint density at radius 2 is 1.81 bits per heavy atom. The quantitative estimate of drug-likeness (QED) is 0.911. The fourth-order valence-electron chi connectivity index (χ4n) is 1.74. The first-order valence-electron chi connectivity index (χ1n) is 6.06. The van der Waals surface area contributed by atoms with Crippen LogP contribution in [0.3, 0.4) is 0 Å². The Morgan fingerprint density at radius 3 is 2.38 bits per heavy atom. The number of benzene rings is 2. The summed E-state index contributed by atoms with van der Waals surface area (Å²) in [6.07, 6.45) is 0. The van der Waals surface area contributed by atoms with Gasteiger partial charge in [-0.1, -0.05) is 11.6 Å². The van der Waals surface area contributed by atoms with Crippen LogP contribution in [0.4, 0.5) is 5.69 Å². The molecule has 6 heteroatoms. The summed E-state index contributed by atoms with van der Waals surface area (Å²) in [7, 11) is 1.55. The molecule has 0 bridgehead atoms. The van der Waals surface area contributed by atoms with Crippen molar-refractivity contribution in [3.8, 4) is 5.75 Å². The fourth-order valence-corrected chi connectivity index (χ4v) is 1.95. The molecule has 0 aliphatic heterocycles. The first-order chi connectivity index (χ1) is 10.0. The smallest absolute Gasteiger partial charge is 0.255 e. The van der Waals surface area contributed by atoms with Crippen LogP contribution in [-0.4, -0.2) is 18.9 Å². The largest absolute Gasteiger partial charge is 0.497 e. The Morgan fingerprint density at radius 1 is 1.14 bits per heavy atom. The number of carbonyl (C=O) groups is 2.